The van der Waals surface area contributed by atoms with Gasteiger partial charge in [-0.15, -0.1) is 0 Å². The van der Waals surface area contributed by atoms with Gasteiger partial charge in [0.05, 0.1) is 4.90 Å². The van der Waals surface area contributed by atoms with Crippen LogP contribution < -0.4 is 0 Å². The van der Waals surface area contributed by atoms with Crippen LogP contribution in [0, 0.1) is 6.92 Å². The summed E-state index contributed by atoms with van der Waals surface area (Å²) in [6.45, 7) is 3.36. The molecule has 1 fully saturated rings. The Labute approximate surface area is 156 Å². The van der Waals surface area contributed by atoms with Gasteiger partial charge < -0.3 is 4.90 Å². The minimum Gasteiger partial charge on any atom is -0.336 e. The number of sulfonamides is 1. The summed E-state index contributed by atoms with van der Waals surface area (Å²) in [6, 6.07) is 14.0. The molecule has 25 heavy (non-hydrogen) atoms. The minimum absolute atomic E-state index is 0.0549. The van der Waals surface area contributed by atoms with Crippen LogP contribution in [0.5, 0.6) is 0 Å². The van der Waals surface area contributed by atoms with Crippen molar-refractivity contribution in [1.29, 1.82) is 0 Å². The molecule has 0 atom stereocenters. The number of halogens is 1. The van der Waals surface area contributed by atoms with Crippen LogP contribution in [0.1, 0.15) is 15.9 Å². The lowest BCUT2D eigenvalue weighted by atomic mass is 10.1. The first-order valence-electron chi connectivity index (χ1n) is 7.99. The number of benzene rings is 2. The summed E-state index contributed by atoms with van der Waals surface area (Å²) in [5, 5.41) is 0. The van der Waals surface area contributed by atoms with E-state index in [0.717, 1.165) is 10.0 Å². The molecular weight excluding hydrogens is 404 g/mol. The third kappa shape index (κ3) is 3.94. The lowest BCUT2D eigenvalue weighted by Gasteiger charge is -2.34. The number of nitrogens with zero attached hydrogens (tertiary/aromatic N) is 2. The monoisotopic (exact) mass is 422 g/mol. The molecule has 0 aliphatic carbocycles. The first-order valence-corrected chi connectivity index (χ1v) is 10.2. The predicted octanol–water partition coefficient (Wildman–Crippen LogP) is 2.90. The molecule has 1 aliphatic heterocycles. The third-order valence-electron chi connectivity index (χ3n) is 4.28. The van der Waals surface area contributed by atoms with Gasteiger partial charge in [0, 0.05) is 36.2 Å². The highest BCUT2D eigenvalue weighted by atomic mass is 79.9. The molecule has 0 radical (unpaired) electrons. The van der Waals surface area contributed by atoms with Crippen molar-refractivity contribution in [2.24, 2.45) is 0 Å². The van der Waals surface area contributed by atoms with Gasteiger partial charge in [-0.25, -0.2) is 8.42 Å². The van der Waals surface area contributed by atoms with E-state index in [-0.39, 0.29) is 10.8 Å². The molecule has 5 nitrogen and oxygen atoms in total. The van der Waals surface area contributed by atoms with Crippen LogP contribution in [0.3, 0.4) is 0 Å². The standard InChI is InChI=1S/C18H19BrN2O3S/c1-14-2-4-15(5-3-14)18(22)20-10-12-21(13-11-20)25(23,24)17-8-6-16(19)7-9-17/h2-9H,10-13H2,1H3. The highest BCUT2D eigenvalue weighted by Gasteiger charge is 2.30. The first-order chi connectivity index (χ1) is 11.9. The number of piperazine rings is 1. The van der Waals surface area contributed by atoms with Crippen molar-refractivity contribution in [1.82, 2.24) is 9.21 Å². The Morgan fingerprint density at radius 1 is 0.920 bits per heavy atom. The van der Waals surface area contributed by atoms with E-state index in [0.29, 0.717) is 31.7 Å². The number of carbonyl (C=O) groups is 1. The zero-order valence-electron chi connectivity index (χ0n) is 13.9. The van der Waals surface area contributed by atoms with E-state index in [9.17, 15) is 13.2 Å². The normalized spacial score (nSPS) is 16.0. The molecule has 0 N–H and O–H groups in total. The van der Waals surface area contributed by atoms with Crippen molar-refractivity contribution in [2.75, 3.05) is 26.2 Å². The van der Waals surface area contributed by atoms with Gasteiger partial charge in [-0.2, -0.15) is 4.31 Å². The summed E-state index contributed by atoms with van der Waals surface area (Å²) >= 11 is 3.31. The molecule has 132 valence electrons. The minimum atomic E-state index is -3.52. The highest BCUT2D eigenvalue weighted by Crippen LogP contribution is 2.20. The molecular formula is C18H19BrN2O3S. The highest BCUT2D eigenvalue weighted by molar-refractivity contribution is 9.10. The van der Waals surface area contributed by atoms with E-state index in [4.69, 9.17) is 0 Å². The Bertz CT molecular complexity index is 856. The van der Waals surface area contributed by atoms with E-state index in [2.05, 4.69) is 15.9 Å². The average Bonchev–Trinajstić information content (AvgIpc) is 2.62. The zero-order valence-corrected chi connectivity index (χ0v) is 16.3. The second-order valence-electron chi connectivity index (χ2n) is 6.02. The maximum atomic E-state index is 12.7. The lowest BCUT2D eigenvalue weighted by Crippen LogP contribution is -2.50. The van der Waals surface area contributed by atoms with Crippen LogP contribution in [0.25, 0.3) is 0 Å². The number of hydrogen-bond acceptors (Lipinski definition) is 3. The van der Waals surface area contributed by atoms with Crippen LogP contribution in [-0.2, 0) is 10.0 Å². The van der Waals surface area contributed by atoms with Crippen LogP contribution in [0.2, 0.25) is 0 Å². The third-order valence-corrected chi connectivity index (χ3v) is 6.72. The van der Waals surface area contributed by atoms with E-state index >= 15 is 0 Å². The van der Waals surface area contributed by atoms with Crippen molar-refractivity contribution < 1.29 is 13.2 Å². The Morgan fingerprint density at radius 3 is 2.04 bits per heavy atom. The van der Waals surface area contributed by atoms with E-state index < -0.39 is 10.0 Å². The van der Waals surface area contributed by atoms with E-state index in [1.165, 1.54) is 4.31 Å². The number of amides is 1. The number of rotatable bonds is 3. The molecule has 2 aromatic carbocycles. The van der Waals surface area contributed by atoms with E-state index in [1.54, 1.807) is 29.2 Å². The number of hydrogen-bond donors (Lipinski definition) is 0. The van der Waals surface area contributed by atoms with E-state index in [1.807, 2.05) is 31.2 Å². The lowest BCUT2D eigenvalue weighted by molar-refractivity contribution is 0.0698. The van der Waals surface area contributed by atoms with Gasteiger partial charge in [-0.3, -0.25) is 4.79 Å². The number of aryl methyl sites for hydroxylation is 1. The van der Waals surface area contributed by atoms with Crippen LogP contribution in [0.4, 0.5) is 0 Å². The Kier molecular flexibility index (Phi) is 5.27. The molecule has 0 spiro atoms. The summed E-state index contributed by atoms with van der Waals surface area (Å²) < 4.78 is 27.7. The van der Waals surface area contributed by atoms with Gasteiger partial charge in [0.25, 0.3) is 5.91 Å². The Hall–Kier alpha value is -1.70. The van der Waals surface area contributed by atoms with Gasteiger partial charge in [0.2, 0.25) is 10.0 Å². The fourth-order valence-corrected chi connectivity index (χ4v) is 4.45. The summed E-state index contributed by atoms with van der Waals surface area (Å²) in [7, 11) is -3.52. The molecule has 3 rings (SSSR count). The molecule has 1 aliphatic rings. The molecule has 1 heterocycles. The van der Waals surface area contributed by atoms with Gasteiger partial charge in [0.1, 0.15) is 0 Å². The molecule has 0 bridgehead atoms. The van der Waals surface area contributed by atoms with Crippen LogP contribution >= 0.6 is 15.9 Å². The summed E-state index contributed by atoms with van der Waals surface area (Å²) in [5.74, 6) is -0.0549. The maximum Gasteiger partial charge on any atom is 0.253 e. The molecule has 1 amide bonds. The van der Waals surface area contributed by atoms with Gasteiger partial charge in [-0.05, 0) is 43.3 Å². The second kappa shape index (κ2) is 7.27. The quantitative estimate of drug-likeness (QED) is 0.763. The van der Waals surface area contributed by atoms with Gasteiger partial charge in [-0.1, -0.05) is 33.6 Å². The summed E-state index contributed by atoms with van der Waals surface area (Å²) in [6.07, 6.45) is 0. The smallest absolute Gasteiger partial charge is 0.253 e. The molecule has 0 unspecified atom stereocenters. The van der Waals surface area contributed by atoms with Crippen molar-refractivity contribution in [3.05, 3.63) is 64.1 Å². The molecule has 0 aromatic heterocycles. The molecule has 0 saturated carbocycles. The fourth-order valence-electron chi connectivity index (χ4n) is 2.77. The zero-order chi connectivity index (χ0) is 18.0. The fraction of sp³-hybridized carbons (Fsp3) is 0.278. The van der Waals surface area contributed by atoms with Crippen molar-refractivity contribution in [3.63, 3.8) is 0 Å². The topological polar surface area (TPSA) is 57.7 Å². The summed E-state index contributed by atoms with van der Waals surface area (Å²) in [4.78, 5) is 14.5. The van der Waals surface area contributed by atoms with Crippen molar-refractivity contribution in [2.45, 2.75) is 11.8 Å². The Morgan fingerprint density at radius 2 is 1.48 bits per heavy atom. The Balaban J connectivity index is 1.68. The van der Waals surface area contributed by atoms with Crippen LogP contribution in [-0.4, -0.2) is 49.7 Å². The molecule has 1 saturated heterocycles. The largest absolute Gasteiger partial charge is 0.336 e. The average molecular weight is 423 g/mol. The van der Waals surface area contributed by atoms with Crippen molar-refractivity contribution >= 4 is 31.9 Å². The van der Waals surface area contributed by atoms with Gasteiger partial charge >= 0.3 is 0 Å². The molecule has 2 aromatic rings. The second-order valence-corrected chi connectivity index (χ2v) is 8.87. The van der Waals surface area contributed by atoms with Crippen molar-refractivity contribution in [3.8, 4) is 0 Å². The SMILES string of the molecule is Cc1ccc(C(=O)N2CCN(S(=O)(=O)c3ccc(Br)cc3)CC2)cc1. The summed E-state index contributed by atoms with van der Waals surface area (Å²) in [5.41, 5.74) is 1.73. The van der Waals surface area contributed by atoms with Gasteiger partial charge in [0.15, 0.2) is 0 Å². The number of carbonyl (C=O) groups excluding carboxylic acids is 1. The first kappa shape index (κ1) is 18.1. The maximum absolute atomic E-state index is 12.7. The van der Waals surface area contributed by atoms with Crippen LogP contribution in [0.15, 0.2) is 57.9 Å². The molecule has 7 heteroatoms. The predicted molar refractivity (Wildman–Crippen MR) is 100.0 cm³/mol.